The van der Waals surface area contributed by atoms with Gasteiger partial charge in [-0.15, -0.1) is 5.10 Å². The number of unbranched alkanes of at least 4 members (excludes halogenated alkanes) is 2. The average molecular weight is 239 g/mol. The summed E-state index contributed by atoms with van der Waals surface area (Å²) in [6.45, 7) is 4.50. The molecule has 1 N–H and O–H groups in total. The Morgan fingerprint density at radius 2 is 2.18 bits per heavy atom. The molecule has 17 heavy (non-hydrogen) atoms. The minimum Gasteiger partial charge on any atom is -0.480 e. The third-order valence-corrected chi connectivity index (χ3v) is 2.51. The first-order valence-corrected chi connectivity index (χ1v) is 6.10. The van der Waals surface area contributed by atoms with E-state index in [1.54, 1.807) is 13.2 Å². The van der Waals surface area contributed by atoms with Gasteiger partial charge in [0.05, 0.1) is 13.7 Å². The molecule has 0 aromatic carbocycles. The second-order valence-electron chi connectivity index (χ2n) is 3.89. The van der Waals surface area contributed by atoms with E-state index in [0.29, 0.717) is 12.4 Å². The molecule has 0 amide bonds. The summed E-state index contributed by atoms with van der Waals surface area (Å²) in [6, 6.07) is 3.05. The number of hydrogen-bond acceptors (Lipinski definition) is 4. The Hall–Kier alpha value is -1.36. The van der Waals surface area contributed by atoms with E-state index in [-0.39, 0.29) is 5.56 Å². The Bertz CT molecular complexity index is 376. The lowest BCUT2D eigenvalue weighted by Crippen LogP contribution is -2.29. The van der Waals surface area contributed by atoms with Gasteiger partial charge in [0.1, 0.15) is 0 Å². The molecule has 1 rings (SSSR count). The van der Waals surface area contributed by atoms with Crippen molar-refractivity contribution in [3.8, 4) is 5.88 Å². The minimum atomic E-state index is -0.0961. The maximum Gasteiger partial charge on any atom is 0.267 e. The molecule has 0 saturated heterocycles. The number of rotatable bonds is 8. The van der Waals surface area contributed by atoms with Gasteiger partial charge in [0.25, 0.3) is 5.56 Å². The van der Waals surface area contributed by atoms with E-state index < -0.39 is 0 Å². The number of nitrogens with one attached hydrogen (secondary N) is 1. The molecule has 0 fully saturated rings. The number of ether oxygens (including phenoxy) is 1. The van der Waals surface area contributed by atoms with E-state index in [0.717, 1.165) is 13.1 Å². The van der Waals surface area contributed by atoms with Gasteiger partial charge in [0.15, 0.2) is 0 Å². The van der Waals surface area contributed by atoms with Crippen molar-refractivity contribution in [2.75, 3.05) is 20.2 Å². The number of nitrogens with zero attached hydrogens (tertiary/aromatic N) is 2. The summed E-state index contributed by atoms with van der Waals surface area (Å²) in [5.74, 6) is 0.468. The van der Waals surface area contributed by atoms with Crippen LogP contribution in [0.25, 0.3) is 0 Å². The summed E-state index contributed by atoms with van der Waals surface area (Å²) >= 11 is 0. The number of hydrogen-bond donors (Lipinski definition) is 1. The molecule has 0 saturated carbocycles. The fourth-order valence-corrected chi connectivity index (χ4v) is 1.51. The quantitative estimate of drug-likeness (QED) is 0.688. The monoisotopic (exact) mass is 239 g/mol. The molecule has 1 aromatic rings. The summed E-state index contributed by atoms with van der Waals surface area (Å²) < 4.78 is 6.40. The Kier molecular flexibility index (Phi) is 6.32. The molecule has 0 aliphatic carbocycles. The smallest absolute Gasteiger partial charge is 0.267 e. The molecule has 0 bridgehead atoms. The molecule has 0 spiro atoms. The zero-order chi connectivity index (χ0) is 12.5. The van der Waals surface area contributed by atoms with Gasteiger partial charge in [-0.05, 0) is 13.0 Å². The molecule has 1 aromatic heterocycles. The van der Waals surface area contributed by atoms with Gasteiger partial charge in [-0.1, -0.05) is 19.8 Å². The fourth-order valence-electron chi connectivity index (χ4n) is 1.51. The highest BCUT2D eigenvalue weighted by atomic mass is 16.5. The highest BCUT2D eigenvalue weighted by Gasteiger charge is 1.99. The first kappa shape index (κ1) is 13.7. The Labute approximate surface area is 102 Å². The van der Waals surface area contributed by atoms with Crippen LogP contribution in [0.4, 0.5) is 0 Å². The van der Waals surface area contributed by atoms with Crippen LogP contribution in [0, 0.1) is 0 Å². The molecule has 1 heterocycles. The topological polar surface area (TPSA) is 56.1 Å². The molecular weight excluding hydrogens is 218 g/mol. The third kappa shape index (κ3) is 4.99. The Morgan fingerprint density at radius 3 is 2.88 bits per heavy atom. The van der Waals surface area contributed by atoms with Crippen LogP contribution in [-0.4, -0.2) is 30.0 Å². The van der Waals surface area contributed by atoms with Gasteiger partial charge in [-0.25, -0.2) is 4.68 Å². The Morgan fingerprint density at radius 1 is 1.35 bits per heavy atom. The normalized spacial score (nSPS) is 10.5. The molecule has 0 atom stereocenters. The van der Waals surface area contributed by atoms with E-state index in [1.165, 1.54) is 30.0 Å². The number of aromatic nitrogens is 2. The van der Waals surface area contributed by atoms with Crippen molar-refractivity contribution in [3.05, 3.63) is 22.5 Å². The van der Waals surface area contributed by atoms with E-state index >= 15 is 0 Å². The third-order valence-electron chi connectivity index (χ3n) is 2.51. The van der Waals surface area contributed by atoms with Crippen molar-refractivity contribution < 1.29 is 4.74 Å². The second-order valence-corrected chi connectivity index (χ2v) is 3.89. The summed E-state index contributed by atoms with van der Waals surface area (Å²) in [5.41, 5.74) is -0.0961. The first-order chi connectivity index (χ1) is 8.27. The first-order valence-electron chi connectivity index (χ1n) is 6.10. The molecular formula is C12H21N3O2. The lowest BCUT2D eigenvalue weighted by atomic mass is 10.2. The highest BCUT2D eigenvalue weighted by molar-refractivity contribution is 5.05. The van der Waals surface area contributed by atoms with Crippen LogP contribution in [0.2, 0.25) is 0 Å². The zero-order valence-corrected chi connectivity index (χ0v) is 10.6. The van der Waals surface area contributed by atoms with Crippen molar-refractivity contribution in [2.45, 2.75) is 32.7 Å². The van der Waals surface area contributed by atoms with E-state index in [2.05, 4.69) is 17.3 Å². The molecule has 0 aliphatic rings. The minimum absolute atomic E-state index is 0.0961. The van der Waals surface area contributed by atoms with Crippen LogP contribution in [0.1, 0.15) is 26.2 Å². The van der Waals surface area contributed by atoms with Crippen molar-refractivity contribution >= 4 is 0 Å². The fraction of sp³-hybridized carbons (Fsp3) is 0.667. The van der Waals surface area contributed by atoms with Crippen LogP contribution < -0.4 is 15.6 Å². The molecule has 0 unspecified atom stereocenters. The lowest BCUT2D eigenvalue weighted by Gasteiger charge is -2.07. The van der Waals surface area contributed by atoms with Gasteiger partial charge >= 0.3 is 0 Å². The van der Waals surface area contributed by atoms with Crippen LogP contribution in [0.3, 0.4) is 0 Å². The van der Waals surface area contributed by atoms with E-state index in [1.807, 2.05) is 0 Å². The molecule has 0 radical (unpaired) electrons. The van der Waals surface area contributed by atoms with E-state index in [9.17, 15) is 4.79 Å². The zero-order valence-electron chi connectivity index (χ0n) is 10.6. The van der Waals surface area contributed by atoms with Crippen LogP contribution >= 0.6 is 0 Å². The highest BCUT2D eigenvalue weighted by Crippen LogP contribution is 1.98. The van der Waals surface area contributed by atoms with Gasteiger partial charge in [-0.3, -0.25) is 4.79 Å². The number of methoxy groups -OCH3 is 1. The molecule has 5 heteroatoms. The Balaban J connectivity index is 2.33. The summed E-state index contributed by atoms with van der Waals surface area (Å²) in [7, 11) is 1.54. The molecule has 0 aliphatic heterocycles. The predicted molar refractivity (Wildman–Crippen MR) is 67.4 cm³/mol. The molecule has 96 valence electrons. The summed E-state index contributed by atoms with van der Waals surface area (Å²) in [4.78, 5) is 11.5. The van der Waals surface area contributed by atoms with Crippen LogP contribution in [0.5, 0.6) is 5.88 Å². The van der Waals surface area contributed by atoms with Crippen LogP contribution in [-0.2, 0) is 6.54 Å². The van der Waals surface area contributed by atoms with Gasteiger partial charge in [0, 0.05) is 18.7 Å². The van der Waals surface area contributed by atoms with Gasteiger partial charge in [-0.2, -0.15) is 0 Å². The van der Waals surface area contributed by atoms with Gasteiger partial charge < -0.3 is 10.1 Å². The second kappa shape index (κ2) is 7.84. The SMILES string of the molecule is CCCCCNCCn1nc(OC)ccc1=O. The summed E-state index contributed by atoms with van der Waals surface area (Å²) in [5, 5.41) is 7.36. The van der Waals surface area contributed by atoms with Crippen molar-refractivity contribution in [1.29, 1.82) is 0 Å². The largest absolute Gasteiger partial charge is 0.480 e. The maximum atomic E-state index is 11.5. The van der Waals surface area contributed by atoms with Crippen molar-refractivity contribution in [3.63, 3.8) is 0 Å². The van der Waals surface area contributed by atoms with Crippen molar-refractivity contribution in [2.24, 2.45) is 0 Å². The predicted octanol–water partition coefficient (Wildman–Crippen LogP) is 1.03. The maximum absolute atomic E-state index is 11.5. The molecule has 5 nitrogen and oxygen atoms in total. The van der Waals surface area contributed by atoms with Gasteiger partial charge in [0.2, 0.25) is 5.88 Å². The standard InChI is InChI=1S/C12H21N3O2/c1-3-4-5-8-13-9-10-15-12(16)7-6-11(14-15)17-2/h6-7,13H,3-5,8-10H2,1-2H3. The van der Waals surface area contributed by atoms with Crippen molar-refractivity contribution in [1.82, 2.24) is 15.1 Å². The van der Waals surface area contributed by atoms with E-state index in [4.69, 9.17) is 4.74 Å². The lowest BCUT2D eigenvalue weighted by molar-refractivity contribution is 0.374. The summed E-state index contributed by atoms with van der Waals surface area (Å²) in [6.07, 6.45) is 3.64. The van der Waals surface area contributed by atoms with Crippen LogP contribution in [0.15, 0.2) is 16.9 Å². The average Bonchev–Trinajstić information content (AvgIpc) is 2.35.